The second-order valence-corrected chi connectivity index (χ2v) is 10.3. The zero-order chi connectivity index (χ0) is 30.8. The number of aliphatic carboxylic acids is 1. The summed E-state index contributed by atoms with van der Waals surface area (Å²) >= 11 is 0. The summed E-state index contributed by atoms with van der Waals surface area (Å²) in [5.74, 6) is -1.57. The molecule has 1 atom stereocenters. The van der Waals surface area contributed by atoms with Gasteiger partial charge in [-0.3, -0.25) is 9.05 Å². The summed E-state index contributed by atoms with van der Waals surface area (Å²) in [6.07, 6.45) is -1.54. The highest BCUT2D eigenvalue weighted by Gasteiger charge is 2.28. The van der Waals surface area contributed by atoms with E-state index in [4.69, 9.17) is 33.7 Å². The van der Waals surface area contributed by atoms with Crippen LogP contribution in [-0.4, -0.2) is 73.8 Å². The molecule has 0 aliphatic rings. The van der Waals surface area contributed by atoms with E-state index in [1.165, 1.54) is 14.0 Å². The number of carbonyl (C=O) groups is 3. The highest BCUT2D eigenvalue weighted by molar-refractivity contribution is 7.52. The third kappa shape index (κ3) is 13.5. The molecule has 0 saturated carbocycles. The molecule has 0 amide bonds. The van der Waals surface area contributed by atoms with E-state index in [1.54, 1.807) is 24.3 Å². The van der Waals surface area contributed by atoms with E-state index < -0.39 is 38.0 Å². The maximum Gasteiger partial charge on any atom is 0.508 e. The molecule has 2 rings (SSSR count). The molecule has 42 heavy (non-hydrogen) atoms. The molecular formula is C27H36N3O11P. The van der Waals surface area contributed by atoms with E-state index in [0.717, 1.165) is 16.0 Å². The minimum Gasteiger partial charge on any atom is -0.480 e. The quantitative estimate of drug-likeness (QED) is 0.0849. The molecule has 0 aromatic heterocycles. The fourth-order valence-corrected chi connectivity index (χ4v) is 4.26. The molecule has 0 fully saturated rings. The molecule has 15 heteroatoms. The predicted molar refractivity (Wildman–Crippen MR) is 150 cm³/mol. The van der Waals surface area contributed by atoms with Crippen LogP contribution in [0.5, 0.6) is 0 Å². The molecule has 0 bridgehead atoms. The Morgan fingerprint density at radius 1 is 0.810 bits per heavy atom. The first-order valence-electron chi connectivity index (χ1n) is 13.0. The number of carboxylic acid groups (broad SMARTS) is 1. The van der Waals surface area contributed by atoms with Gasteiger partial charge in [0.15, 0.2) is 0 Å². The number of rotatable bonds is 17. The summed E-state index contributed by atoms with van der Waals surface area (Å²) in [5.41, 5.74) is 7.44. The number of hydrogen-bond acceptors (Lipinski definition) is 10. The Bertz CT molecular complexity index is 1130. The molecule has 3 N–H and O–H groups in total. The van der Waals surface area contributed by atoms with Gasteiger partial charge in [-0.15, -0.1) is 4.76 Å². The van der Waals surface area contributed by atoms with E-state index in [1.807, 2.05) is 36.4 Å². The Morgan fingerprint density at radius 3 is 1.64 bits per heavy atom. The van der Waals surface area contributed by atoms with Gasteiger partial charge in [0, 0.05) is 19.9 Å². The molecule has 14 nitrogen and oxygen atoms in total. The van der Waals surface area contributed by atoms with Gasteiger partial charge in [0.25, 0.3) is 0 Å². The van der Waals surface area contributed by atoms with Gasteiger partial charge in [-0.05, 0) is 18.1 Å². The third-order valence-electron chi connectivity index (χ3n) is 5.45. The standard InChI is InChI=1S/C27H36N3O11P/c1-21(24(31)32)30(2)25(28)29-42(35,40-17-9-15-36-26(33)38-19-22-11-5-3-6-12-22)41-18-10-16-37-27(34)39-20-23-13-7-4-8-14-23/h3-8,11-14,21H,9-10,15-20H2,1-2H3,(H,31,32)(H2,28,29,35). The van der Waals surface area contributed by atoms with Crippen LogP contribution in [0.15, 0.2) is 65.4 Å². The van der Waals surface area contributed by atoms with Crippen LogP contribution < -0.4 is 5.73 Å². The summed E-state index contributed by atoms with van der Waals surface area (Å²) < 4.78 is 47.7. The zero-order valence-corrected chi connectivity index (χ0v) is 24.4. The van der Waals surface area contributed by atoms with Crippen LogP contribution in [0.4, 0.5) is 9.59 Å². The van der Waals surface area contributed by atoms with Crippen LogP contribution in [0.2, 0.25) is 0 Å². The lowest BCUT2D eigenvalue weighted by molar-refractivity contribution is -0.140. The second kappa shape index (κ2) is 18.3. The lowest BCUT2D eigenvalue weighted by atomic mass is 10.2. The molecule has 2 aromatic carbocycles. The van der Waals surface area contributed by atoms with E-state index in [2.05, 4.69) is 4.76 Å². The SMILES string of the molecule is CC(C(=O)O)N(C)C(N)=NP(=O)(OCCCOC(=O)OCc1ccccc1)OCCCOC(=O)OCc1ccccc1. The smallest absolute Gasteiger partial charge is 0.480 e. The Balaban J connectivity index is 1.81. The normalized spacial score (nSPS) is 12.2. The average Bonchev–Trinajstić information content (AvgIpc) is 2.98. The number of carboxylic acids is 1. The molecular weight excluding hydrogens is 573 g/mol. The molecule has 230 valence electrons. The minimum atomic E-state index is -4.25. The van der Waals surface area contributed by atoms with Crippen molar-refractivity contribution in [2.75, 3.05) is 33.5 Å². The van der Waals surface area contributed by atoms with Gasteiger partial charge in [-0.2, -0.15) is 0 Å². The van der Waals surface area contributed by atoms with Crippen molar-refractivity contribution >= 4 is 32.0 Å². The first kappa shape index (κ1) is 34.1. The van der Waals surface area contributed by atoms with Gasteiger partial charge in [0.05, 0.1) is 26.4 Å². The van der Waals surface area contributed by atoms with Crippen molar-refractivity contribution in [3.8, 4) is 0 Å². The van der Waals surface area contributed by atoms with Crippen molar-refractivity contribution in [3.05, 3.63) is 71.8 Å². The lowest BCUT2D eigenvalue weighted by Crippen LogP contribution is -2.44. The van der Waals surface area contributed by atoms with Crippen LogP contribution >= 0.6 is 7.75 Å². The summed E-state index contributed by atoms with van der Waals surface area (Å²) in [5, 5.41) is 9.21. The van der Waals surface area contributed by atoms with Crippen molar-refractivity contribution in [3.63, 3.8) is 0 Å². The number of carbonyl (C=O) groups excluding carboxylic acids is 2. The summed E-state index contributed by atoms with van der Waals surface area (Å²) in [7, 11) is -2.89. The molecule has 0 radical (unpaired) electrons. The Hall–Kier alpha value is -4.13. The lowest BCUT2D eigenvalue weighted by Gasteiger charge is -2.23. The van der Waals surface area contributed by atoms with Crippen molar-refractivity contribution in [2.45, 2.75) is 39.0 Å². The molecule has 1 unspecified atom stereocenters. The minimum absolute atomic E-state index is 0.0456. The number of nitrogens with zero attached hydrogens (tertiary/aromatic N) is 2. The Morgan fingerprint density at radius 2 is 1.24 bits per heavy atom. The number of benzene rings is 2. The number of nitrogens with two attached hydrogens (primary N) is 1. The van der Waals surface area contributed by atoms with Gasteiger partial charge < -0.3 is 34.7 Å². The highest BCUT2D eigenvalue weighted by Crippen LogP contribution is 2.50. The number of likely N-dealkylation sites (N-methyl/N-ethyl adjacent to an activating group) is 1. The van der Waals surface area contributed by atoms with Gasteiger partial charge >= 0.3 is 26.0 Å². The summed E-state index contributed by atoms with van der Waals surface area (Å²) in [4.78, 5) is 35.9. The zero-order valence-electron chi connectivity index (χ0n) is 23.5. The van der Waals surface area contributed by atoms with Crippen molar-refractivity contribution in [2.24, 2.45) is 10.5 Å². The maximum atomic E-state index is 13.3. The van der Waals surface area contributed by atoms with Crippen LogP contribution in [0.25, 0.3) is 0 Å². The highest BCUT2D eigenvalue weighted by atomic mass is 31.2. The average molecular weight is 610 g/mol. The fourth-order valence-electron chi connectivity index (χ4n) is 2.96. The first-order valence-corrected chi connectivity index (χ1v) is 14.5. The van der Waals surface area contributed by atoms with Crippen LogP contribution in [0, 0.1) is 0 Å². The first-order chi connectivity index (χ1) is 20.1. The fraction of sp³-hybridized carbons (Fsp3) is 0.407. The van der Waals surface area contributed by atoms with E-state index in [0.29, 0.717) is 0 Å². The number of ether oxygens (including phenoxy) is 4. The second-order valence-electron chi connectivity index (χ2n) is 8.67. The molecule has 2 aromatic rings. The van der Waals surface area contributed by atoms with Crippen LogP contribution in [0.3, 0.4) is 0 Å². The number of hydrogen-bond donors (Lipinski definition) is 2. The van der Waals surface area contributed by atoms with Gasteiger partial charge in [0.2, 0.25) is 5.96 Å². The number of guanidine groups is 1. The molecule has 0 saturated heterocycles. The Kier molecular flexibility index (Phi) is 14.9. The molecule has 0 aliphatic heterocycles. The monoisotopic (exact) mass is 609 g/mol. The van der Waals surface area contributed by atoms with Crippen molar-refractivity contribution in [1.82, 2.24) is 4.90 Å². The topological polar surface area (TPSA) is 186 Å². The van der Waals surface area contributed by atoms with E-state index in [-0.39, 0.29) is 52.5 Å². The molecule has 0 heterocycles. The van der Waals surface area contributed by atoms with Crippen molar-refractivity contribution < 1.29 is 52.1 Å². The predicted octanol–water partition coefficient (Wildman–Crippen LogP) is 4.33. The maximum absolute atomic E-state index is 13.3. The van der Waals surface area contributed by atoms with E-state index in [9.17, 15) is 24.1 Å². The Labute approximate surface area is 243 Å². The van der Waals surface area contributed by atoms with Crippen LogP contribution in [-0.2, 0) is 50.6 Å². The molecule has 0 spiro atoms. The van der Waals surface area contributed by atoms with Crippen molar-refractivity contribution in [1.29, 1.82) is 0 Å². The third-order valence-corrected chi connectivity index (χ3v) is 6.92. The van der Waals surface area contributed by atoms with E-state index >= 15 is 0 Å². The van der Waals surface area contributed by atoms with Gasteiger partial charge in [-0.25, -0.2) is 18.9 Å². The van der Waals surface area contributed by atoms with Crippen LogP contribution in [0.1, 0.15) is 30.9 Å². The summed E-state index contributed by atoms with van der Waals surface area (Å²) in [6, 6.07) is 17.0. The van der Waals surface area contributed by atoms with Gasteiger partial charge in [0.1, 0.15) is 19.3 Å². The van der Waals surface area contributed by atoms with Gasteiger partial charge in [-0.1, -0.05) is 60.7 Å². The largest absolute Gasteiger partial charge is 0.508 e. The molecule has 0 aliphatic carbocycles. The summed E-state index contributed by atoms with van der Waals surface area (Å²) in [6.45, 7) is 0.818.